The minimum atomic E-state index is -0.453. The molecule has 0 unspecified atom stereocenters. The van der Waals surface area contributed by atoms with Crippen molar-refractivity contribution >= 4 is 12.4 Å². The van der Waals surface area contributed by atoms with Crippen molar-refractivity contribution in [1.82, 2.24) is 10.3 Å². The Kier molecular flexibility index (Phi) is 4.28. The van der Waals surface area contributed by atoms with Crippen molar-refractivity contribution in [1.29, 1.82) is 0 Å². The molecule has 1 heterocycles. The van der Waals surface area contributed by atoms with Gasteiger partial charge >= 0.3 is 5.97 Å². The summed E-state index contributed by atoms with van der Waals surface area (Å²) in [5, 5.41) is 2.47. The van der Waals surface area contributed by atoms with Crippen LogP contribution in [0.25, 0.3) is 0 Å². The van der Waals surface area contributed by atoms with Gasteiger partial charge in [-0.05, 0) is 19.1 Å². The average molecular weight is 208 g/mol. The van der Waals surface area contributed by atoms with Gasteiger partial charge in [0, 0.05) is 0 Å². The molecule has 0 saturated carbocycles. The fourth-order valence-corrected chi connectivity index (χ4v) is 1.04. The number of rotatable bonds is 5. The summed E-state index contributed by atoms with van der Waals surface area (Å²) in [6, 6.07) is 4.99. The zero-order chi connectivity index (χ0) is 11.1. The van der Waals surface area contributed by atoms with Gasteiger partial charge in [-0.15, -0.1) is 0 Å². The lowest BCUT2D eigenvalue weighted by Gasteiger charge is -2.03. The molecule has 1 aromatic rings. The number of aromatic nitrogens is 1. The van der Waals surface area contributed by atoms with Crippen LogP contribution in [-0.2, 0) is 16.1 Å². The molecule has 1 aromatic heterocycles. The molecule has 0 fully saturated rings. The first-order valence-corrected chi connectivity index (χ1v) is 4.58. The quantitative estimate of drug-likeness (QED) is 0.565. The van der Waals surface area contributed by atoms with Crippen LogP contribution >= 0.6 is 0 Å². The first-order valence-electron chi connectivity index (χ1n) is 4.58. The molecule has 0 aliphatic rings. The minimum absolute atomic E-state index is 0.252. The van der Waals surface area contributed by atoms with Gasteiger partial charge in [0.15, 0.2) is 0 Å². The summed E-state index contributed by atoms with van der Waals surface area (Å²) in [7, 11) is 0. The van der Waals surface area contributed by atoms with Gasteiger partial charge in [-0.3, -0.25) is 4.79 Å². The number of esters is 1. The lowest BCUT2D eigenvalue weighted by Crippen LogP contribution is -2.13. The molecule has 1 rings (SSSR count). The number of hydrogen-bond donors (Lipinski definition) is 1. The number of hydrogen-bond acceptors (Lipinski definition) is 4. The maximum absolute atomic E-state index is 11.3. The number of nitrogens with one attached hydrogen (secondary N) is 1. The van der Waals surface area contributed by atoms with Crippen LogP contribution in [0.1, 0.15) is 23.1 Å². The summed E-state index contributed by atoms with van der Waals surface area (Å²) >= 11 is 0. The molecule has 0 bridgehead atoms. The lowest BCUT2D eigenvalue weighted by molar-refractivity contribution is -0.109. The van der Waals surface area contributed by atoms with Crippen molar-refractivity contribution in [3.63, 3.8) is 0 Å². The van der Waals surface area contributed by atoms with Crippen LogP contribution < -0.4 is 5.32 Å². The molecule has 80 valence electrons. The predicted molar refractivity (Wildman–Crippen MR) is 53.1 cm³/mol. The molecule has 0 aliphatic carbocycles. The maximum Gasteiger partial charge on any atom is 0.356 e. The molecule has 0 aromatic carbocycles. The fourth-order valence-electron chi connectivity index (χ4n) is 1.04. The number of ether oxygens (including phenoxy) is 1. The second-order valence-electron chi connectivity index (χ2n) is 2.73. The summed E-state index contributed by atoms with van der Waals surface area (Å²) in [4.78, 5) is 25.4. The number of nitrogens with zero attached hydrogens (tertiary/aromatic N) is 1. The molecule has 0 aliphatic heterocycles. The Hall–Kier alpha value is -1.91. The minimum Gasteiger partial charge on any atom is -0.461 e. The Morgan fingerprint density at radius 1 is 1.60 bits per heavy atom. The van der Waals surface area contributed by atoms with Crippen LogP contribution in [0.4, 0.5) is 0 Å². The van der Waals surface area contributed by atoms with Gasteiger partial charge in [0.25, 0.3) is 0 Å². The molecular formula is C10H12N2O3. The SMILES string of the molecule is CCOC(=O)c1cccc(CNC=O)n1. The summed E-state index contributed by atoms with van der Waals surface area (Å²) in [5.41, 5.74) is 0.870. The lowest BCUT2D eigenvalue weighted by atomic mass is 10.3. The third-order valence-electron chi connectivity index (χ3n) is 1.66. The van der Waals surface area contributed by atoms with E-state index >= 15 is 0 Å². The summed E-state index contributed by atoms with van der Waals surface area (Å²) in [5.74, 6) is -0.453. The van der Waals surface area contributed by atoms with E-state index < -0.39 is 5.97 Å². The van der Waals surface area contributed by atoms with Gasteiger partial charge in [0.1, 0.15) is 5.69 Å². The molecule has 0 radical (unpaired) electrons. The van der Waals surface area contributed by atoms with E-state index in [1.807, 2.05) is 0 Å². The topological polar surface area (TPSA) is 68.3 Å². The Labute approximate surface area is 87.5 Å². The van der Waals surface area contributed by atoms with Crippen molar-refractivity contribution in [3.05, 3.63) is 29.6 Å². The second kappa shape index (κ2) is 5.74. The van der Waals surface area contributed by atoms with E-state index in [2.05, 4.69) is 10.3 Å². The zero-order valence-electron chi connectivity index (χ0n) is 8.40. The smallest absolute Gasteiger partial charge is 0.356 e. The van der Waals surface area contributed by atoms with Gasteiger partial charge in [-0.1, -0.05) is 6.07 Å². The molecule has 0 spiro atoms. The van der Waals surface area contributed by atoms with Crippen molar-refractivity contribution in [2.45, 2.75) is 13.5 Å². The van der Waals surface area contributed by atoms with E-state index in [-0.39, 0.29) is 5.69 Å². The van der Waals surface area contributed by atoms with E-state index in [9.17, 15) is 9.59 Å². The number of carbonyl (C=O) groups excluding carboxylic acids is 2. The van der Waals surface area contributed by atoms with Crippen LogP contribution in [0.2, 0.25) is 0 Å². The van der Waals surface area contributed by atoms with Gasteiger partial charge in [0.2, 0.25) is 6.41 Å². The first-order chi connectivity index (χ1) is 7.27. The zero-order valence-corrected chi connectivity index (χ0v) is 8.40. The molecule has 1 amide bonds. The van der Waals surface area contributed by atoms with Gasteiger partial charge in [0.05, 0.1) is 18.8 Å². The largest absolute Gasteiger partial charge is 0.461 e. The molecule has 5 heteroatoms. The molecule has 15 heavy (non-hydrogen) atoms. The highest BCUT2D eigenvalue weighted by atomic mass is 16.5. The summed E-state index contributed by atoms with van der Waals surface area (Å²) < 4.78 is 4.80. The van der Waals surface area contributed by atoms with E-state index in [1.54, 1.807) is 25.1 Å². The van der Waals surface area contributed by atoms with Crippen LogP contribution in [0.3, 0.4) is 0 Å². The average Bonchev–Trinajstić information content (AvgIpc) is 2.27. The highest BCUT2D eigenvalue weighted by molar-refractivity contribution is 5.87. The third-order valence-corrected chi connectivity index (χ3v) is 1.66. The predicted octanol–water partition coefficient (Wildman–Crippen LogP) is 0.504. The molecule has 5 nitrogen and oxygen atoms in total. The molecular weight excluding hydrogens is 196 g/mol. The van der Waals surface area contributed by atoms with Gasteiger partial charge in [-0.2, -0.15) is 0 Å². The van der Waals surface area contributed by atoms with Crippen LogP contribution in [0, 0.1) is 0 Å². The summed E-state index contributed by atoms with van der Waals surface area (Å²) in [6.07, 6.45) is 0.582. The van der Waals surface area contributed by atoms with Gasteiger partial charge < -0.3 is 10.1 Å². The van der Waals surface area contributed by atoms with Crippen LogP contribution in [-0.4, -0.2) is 24.0 Å². The van der Waals surface area contributed by atoms with Gasteiger partial charge in [-0.25, -0.2) is 9.78 Å². The standard InChI is InChI=1S/C10H12N2O3/c1-2-15-10(14)9-5-3-4-8(12-9)6-11-7-13/h3-5,7H,2,6H2,1H3,(H,11,13). The van der Waals surface area contributed by atoms with E-state index in [1.165, 1.54) is 0 Å². The third kappa shape index (κ3) is 3.38. The van der Waals surface area contributed by atoms with E-state index in [0.29, 0.717) is 25.3 Å². The van der Waals surface area contributed by atoms with Crippen molar-refractivity contribution < 1.29 is 14.3 Å². The summed E-state index contributed by atoms with van der Waals surface area (Å²) in [6.45, 7) is 2.35. The molecule has 0 saturated heterocycles. The Bertz CT molecular complexity index is 352. The first kappa shape index (κ1) is 11.2. The monoisotopic (exact) mass is 208 g/mol. The number of amides is 1. The highest BCUT2D eigenvalue weighted by Gasteiger charge is 2.07. The van der Waals surface area contributed by atoms with Crippen molar-refractivity contribution in [2.24, 2.45) is 0 Å². The number of pyridine rings is 1. The maximum atomic E-state index is 11.3. The van der Waals surface area contributed by atoms with Crippen molar-refractivity contribution in [2.75, 3.05) is 6.61 Å². The molecule has 0 atom stereocenters. The second-order valence-corrected chi connectivity index (χ2v) is 2.73. The Morgan fingerprint density at radius 2 is 2.40 bits per heavy atom. The van der Waals surface area contributed by atoms with Crippen molar-refractivity contribution in [3.8, 4) is 0 Å². The Balaban J connectivity index is 2.73. The Morgan fingerprint density at radius 3 is 3.07 bits per heavy atom. The van der Waals surface area contributed by atoms with E-state index in [0.717, 1.165) is 0 Å². The van der Waals surface area contributed by atoms with Crippen LogP contribution in [0.5, 0.6) is 0 Å². The fraction of sp³-hybridized carbons (Fsp3) is 0.300. The highest BCUT2D eigenvalue weighted by Crippen LogP contribution is 2.01. The normalized spacial score (nSPS) is 9.40. The van der Waals surface area contributed by atoms with E-state index in [4.69, 9.17) is 4.74 Å². The molecule has 1 N–H and O–H groups in total. The number of carbonyl (C=O) groups is 2. The van der Waals surface area contributed by atoms with Crippen LogP contribution in [0.15, 0.2) is 18.2 Å².